The van der Waals surface area contributed by atoms with Crippen LogP contribution in [0.25, 0.3) is 11.1 Å². The van der Waals surface area contributed by atoms with E-state index in [-0.39, 0.29) is 10.5 Å². The summed E-state index contributed by atoms with van der Waals surface area (Å²) in [6.07, 6.45) is 0. The van der Waals surface area contributed by atoms with Crippen LogP contribution in [0.1, 0.15) is 5.56 Å². The molecule has 0 saturated carbocycles. The van der Waals surface area contributed by atoms with Crippen molar-refractivity contribution in [3.8, 4) is 11.1 Å². The second-order valence-corrected chi connectivity index (χ2v) is 6.29. The molecule has 3 rings (SSSR count). The molecular formula is C17H13FN2O3S. The highest BCUT2D eigenvalue weighted by atomic mass is 32.2. The van der Waals surface area contributed by atoms with Gasteiger partial charge in [-0.2, -0.15) is 0 Å². The second-order valence-electron chi connectivity index (χ2n) is 5.18. The summed E-state index contributed by atoms with van der Waals surface area (Å²) in [6, 6.07) is 13.5. The first-order chi connectivity index (χ1) is 11.4. The van der Waals surface area contributed by atoms with Gasteiger partial charge in [0, 0.05) is 11.0 Å². The molecule has 1 aromatic heterocycles. The second kappa shape index (κ2) is 6.37. The van der Waals surface area contributed by atoms with Gasteiger partial charge in [0.25, 0.3) is 5.56 Å². The fourth-order valence-electron chi connectivity index (χ4n) is 2.19. The van der Waals surface area contributed by atoms with Gasteiger partial charge in [-0.15, -0.1) is 0 Å². The van der Waals surface area contributed by atoms with E-state index in [0.717, 1.165) is 22.1 Å². The van der Waals surface area contributed by atoms with E-state index in [0.29, 0.717) is 10.6 Å². The Balaban J connectivity index is 1.86. The topological polar surface area (TPSA) is 75.1 Å². The lowest BCUT2D eigenvalue weighted by atomic mass is 10.0. The Labute approximate surface area is 140 Å². The molecule has 0 aliphatic carbocycles. The molecule has 0 radical (unpaired) electrons. The van der Waals surface area contributed by atoms with Crippen molar-refractivity contribution in [2.75, 3.05) is 0 Å². The number of nitrogens with one attached hydrogen (secondary N) is 1. The third-order valence-electron chi connectivity index (χ3n) is 3.46. The van der Waals surface area contributed by atoms with Crippen LogP contribution in [0.2, 0.25) is 0 Å². The van der Waals surface area contributed by atoms with E-state index in [1.54, 1.807) is 19.1 Å². The quantitative estimate of drug-likeness (QED) is 0.566. The average Bonchev–Trinajstić information content (AvgIpc) is 2.56. The van der Waals surface area contributed by atoms with Crippen molar-refractivity contribution in [1.82, 2.24) is 9.71 Å². The van der Waals surface area contributed by atoms with Gasteiger partial charge in [-0.1, -0.05) is 34.7 Å². The molecule has 3 aromatic rings. The molecule has 0 fully saturated rings. The maximum Gasteiger partial charge on any atom is 0.362 e. The van der Waals surface area contributed by atoms with E-state index < -0.39 is 11.2 Å². The lowest BCUT2D eigenvalue weighted by Gasteiger charge is -2.06. The summed E-state index contributed by atoms with van der Waals surface area (Å²) in [7, 11) is 0. The minimum atomic E-state index is -0.886. The Morgan fingerprint density at radius 2 is 1.71 bits per heavy atom. The monoisotopic (exact) mass is 344 g/mol. The van der Waals surface area contributed by atoms with Crippen LogP contribution in [0.3, 0.4) is 0 Å². The smallest absolute Gasteiger partial charge is 0.362 e. The number of H-pyrrole nitrogens is 1. The number of hydrogen-bond donors (Lipinski definition) is 2. The molecule has 0 amide bonds. The van der Waals surface area contributed by atoms with E-state index in [4.69, 9.17) is 5.21 Å². The van der Waals surface area contributed by atoms with Gasteiger partial charge in [0.05, 0.1) is 5.03 Å². The molecule has 24 heavy (non-hydrogen) atoms. The summed E-state index contributed by atoms with van der Waals surface area (Å²) in [5.74, 6) is -0.242. The largest absolute Gasteiger partial charge is 0.421 e. The van der Waals surface area contributed by atoms with E-state index in [1.807, 2.05) is 24.3 Å². The summed E-state index contributed by atoms with van der Waals surface area (Å²) in [4.78, 5) is 26.0. The summed E-state index contributed by atoms with van der Waals surface area (Å²) in [5, 5.41) is 9.46. The van der Waals surface area contributed by atoms with Gasteiger partial charge in [-0.25, -0.2) is 9.18 Å². The summed E-state index contributed by atoms with van der Waals surface area (Å²) in [5.41, 5.74) is 0.736. The van der Waals surface area contributed by atoms with Gasteiger partial charge in [0.15, 0.2) is 0 Å². The number of hydrogen-bond acceptors (Lipinski definition) is 4. The number of halogens is 1. The molecule has 7 heteroatoms. The van der Waals surface area contributed by atoms with E-state index >= 15 is 0 Å². The summed E-state index contributed by atoms with van der Waals surface area (Å²) >= 11 is 1.19. The number of nitrogens with zero attached hydrogens (tertiary/aromatic N) is 1. The normalized spacial score (nSPS) is 10.8. The molecule has 122 valence electrons. The van der Waals surface area contributed by atoms with Crippen LogP contribution in [0.4, 0.5) is 4.39 Å². The van der Waals surface area contributed by atoms with Crippen LogP contribution < -0.4 is 11.2 Å². The molecule has 2 aromatic carbocycles. The fraction of sp³-hybridized carbons (Fsp3) is 0.0588. The number of rotatable bonds is 3. The van der Waals surface area contributed by atoms with Gasteiger partial charge in [-0.3, -0.25) is 9.78 Å². The minimum absolute atomic E-state index is 0.0179. The van der Waals surface area contributed by atoms with Gasteiger partial charge in [0.2, 0.25) is 0 Å². The predicted octanol–water partition coefficient (Wildman–Crippen LogP) is 3.04. The number of aromatic nitrogens is 2. The summed E-state index contributed by atoms with van der Waals surface area (Å²) in [6.45, 7) is 1.71. The average molecular weight is 344 g/mol. The molecule has 0 aliphatic rings. The first kappa shape index (κ1) is 16.1. The van der Waals surface area contributed by atoms with Crippen molar-refractivity contribution in [2.24, 2.45) is 0 Å². The molecule has 5 nitrogen and oxygen atoms in total. The Kier molecular flexibility index (Phi) is 4.26. The van der Waals surface area contributed by atoms with Crippen molar-refractivity contribution < 1.29 is 9.60 Å². The third kappa shape index (κ3) is 3.26. The molecule has 0 spiro atoms. The fourth-order valence-corrected chi connectivity index (χ4v) is 3.01. The van der Waals surface area contributed by atoms with Crippen molar-refractivity contribution in [3.05, 3.63) is 80.7 Å². The number of aromatic amines is 1. The van der Waals surface area contributed by atoms with Gasteiger partial charge in [-0.05, 0) is 47.9 Å². The Bertz CT molecular complexity index is 978. The van der Waals surface area contributed by atoms with Gasteiger partial charge >= 0.3 is 5.69 Å². The van der Waals surface area contributed by atoms with Gasteiger partial charge in [0.1, 0.15) is 5.82 Å². The van der Waals surface area contributed by atoms with Crippen LogP contribution in [-0.2, 0) is 0 Å². The molecule has 0 saturated heterocycles. The molecule has 1 heterocycles. The van der Waals surface area contributed by atoms with Crippen molar-refractivity contribution in [2.45, 2.75) is 16.8 Å². The Morgan fingerprint density at radius 1 is 1.04 bits per heavy atom. The maximum absolute atomic E-state index is 13.3. The zero-order valence-electron chi connectivity index (χ0n) is 12.6. The van der Waals surface area contributed by atoms with Crippen LogP contribution in [0.15, 0.2) is 68.0 Å². The van der Waals surface area contributed by atoms with Crippen molar-refractivity contribution in [1.29, 1.82) is 0 Å². The van der Waals surface area contributed by atoms with Crippen LogP contribution >= 0.6 is 11.8 Å². The number of aryl methyl sites for hydroxylation is 1. The molecule has 2 N–H and O–H groups in total. The van der Waals surface area contributed by atoms with Crippen LogP contribution in [0, 0.1) is 12.7 Å². The molecule has 0 atom stereocenters. The SMILES string of the molecule is Cc1cc(-c2ccc(Sc3cc(=O)n(O)c(=O)[nH]3)cc2)ccc1F. The minimum Gasteiger partial charge on any atom is -0.421 e. The molecule has 0 unspecified atom stereocenters. The maximum atomic E-state index is 13.3. The lowest BCUT2D eigenvalue weighted by molar-refractivity contribution is 0.159. The molecular weight excluding hydrogens is 331 g/mol. The van der Waals surface area contributed by atoms with Crippen LogP contribution in [-0.4, -0.2) is 14.9 Å². The lowest BCUT2D eigenvalue weighted by Crippen LogP contribution is -2.32. The van der Waals surface area contributed by atoms with E-state index in [2.05, 4.69) is 4.98 Å². The molecule has 0 bridgehead atoms. The van der Waals surface area contributed by atoms with Crippen LogP contribution in [0.5, 0.6) is 0 Å². The first-order valence-corrected chi connectivity index (χ1v) is 7.86. The van der Waals surface area contributed by atoms with Crippen molar-refractivity contribution >= 4 is 11.8 Å². The highest BCUT2D eigenvalue weighted by molar-refractivity contribution is 7.99. The van der Waals surface area contributed by atoms with Gasteiger partial charge < -0.3 is 5.21 Å². The van der Waals surface area contributed by atoms with E-state index in [9.17, 15) is 14.0 Å². The third-order valence-corrected chi connectivity index (χ3v) is 4.41. The Morgan fingerprint density at radius 3 is 2.33 bits per heavy atom. The zero-order chi connectivity index (χ0) is 17.3. The number of benzene rings is 2. The Hall–Kier alpha value is -2.80. The first-order valence-electron chi connectivity index (χ1n) is 7.04. The standard InChI is InChI=1S/C17H13FN2O3S/c1-10-8-12(4-7-14(10)18)11-2-5-13(6-3-11)24-15-9-16(21)20(23)17(22)19-15/h2-9,23H,1H3,(H,19,22). The van der Waals surface area contributed by atoms with E-state index in [1.165, 1.54) is 17.8 Å². The highest BCUT2D eigenvalue weighted by Crippen LogP contribution is 2.28. The van der Waals surface area contributed by atoms with Crippen molar-refractivity contribution in [3.63, 3.8) is 0 Å². The predicted molar refractivity (Wildman–Crippen MR) is 89.2 cm³/mol. The highest BCUT2D eigenvalue weighted by Gasteiger charge is 2.06. The zero-order valence-corrected chi connectivity index (χ0v) is 13.4. The summed E-state index contributed by atoms with van der Waals surface area (Å²) < 4.78 is 13.4. The molecule has 0 aliphatic heterocycles.